The third-order valence-corrected chi connectivity index (χ3v) is 3.10. The molecule has 2 atom stereocenters. The Morgan fingerprint density at radius 3 is 3.00 bits per heavy atom. The second-order valence-electron chi connectivity index (χ2n) is 4.28. The van der Waals surface area contributed by atoms with Gasteiger partial charge in [0.1, 0.15) is 0 Å². The Labute approximate surface area is 95.6 Å². The molecule has 5 heteroatoms. The maximum atomic E-state index is 11.3. The number of morpholine rings is 1. The predicted molar refractivity (Wildman–Crippen MR) is 57.2 cm³/mol. The van der Waals surface area contributed by atoms with Crippen molar-refractivity contribution < 1.29 is 19.0 Å². The first-order valence-electron chi connectivity index (χ1n) is 5.83. The molecule has 92 valence electrons. The molecule has 2 heterocycles. The topological polar surface area (TPSA) is 48.0 Å². The molecule has 16 heavy (non-hydrogen) atoms. The summed E-state index contributed by atoms with van der Waals surface area (Å²) in [7, 11) is 1.39. The molecule has 2 rings (SSSR count). The zero-order valence-corrected chi connectivity index (χ0v) is 9.68. The Morgan fingerprint density at radius 2 is 2.31 bits per heavy atom. The van der Waals surface area contributed by atoms with Crippen molar-refractivity contribution in [3.63, 3.8) is 0 Å². The highest BCUT2D eigenvalue weighted by atomic mass is 16.6. The minimum atomic E-state index is -0.430. The van der Waals surface area contributed by atoms with Crippen molar-refractivity contribution in [2.75, 3.05) is 40.0 Å². The smallest absolute Gasteiger partial charge is 0.336 e. The first kappa shape index (κ1) is 11.8. The van der Waals surface area contributed by atoms with Gasteiger partial charge >= 0.3 is 5.97 Å². The van der Waals surface area contributed by atoms with Crippen LogP contribution in [0, 0.1) is 0 Å². The number of rotatable bonds is 3. The molecule has 0 saturated carbocycles. The highest BCUT2D eigenvalue weighted by molar-refractivity contribution is 5.74. The number of methoxy groups -OCH3 is 1. The zero-order chi connectivity index (χ0) is 11.4. The molecule has 5 nitrogen and oxygen atoms in total. The van der Waals surface area contributed by atoms with Crippen LogP contribution < -0.4 is 0 Å². The lowest BCUT2D eigenvalue weighted by Crippen LogP contribution is -2.48. The van der Waals surface area contributed by atoms with E-state index in [0.29, 0.717) is 19.3 Å². The summed E-state index contributed by atoms with van der Waals surface area (Å²) in [5.41, 5.74) is 0. The summed E-state index contributed by atoms with van der Waals surface area (Å²) in [5.74, 6) is -0.281. The maximum Gasteiger partial charge on any atom is 0.336 e. The summed E-state index contributed by atoms with van der Waals surface area (Å²) in [6.07, 6.45) is 2.17. The predicted octanol–water partition coefficient (Wildman–Crippen LogP) is 0.0392. The molecule has 2 saturated heterocycles. The monoisotopic (exact) mass is 229 g/mol. The molecule has 0 spiro atoms. The fraction of sp³-hybridized carbons (Fsp3) is 0.909. The van der Waals surface area contributed by atoms with Gasteiger partial charge in [-0.3, -0.25) is 4.90 Å². The SMILES string of the molecule is COC(=O)C1CN(CC2CCCO2)CCO1. The van der Waals surface area contributed by atoms with E-state index >= 15 is 0 Å². The van der Waals surface area contributed by atoms with Crippen LogP contribution in [0.1, 0.15) is 12.8 Å². The average molecular weight is 229 g/mol. The summed E-state index contributed by atoms with van der Waals surface area (Å²) in [6, 6.07) is 0. The van der Waals surface area contributed by atoms with E-state index in [-0.39, 0.29) is 5.97 Å². The molecule has 0 amide bonds. The summed E-state index contributed by atoms with van der Waals surface area (Å²) in [5, 5.41) is 0. The van der Waals surface area contributed by atoms with Crippen LogP contribution in [0.15, 0.2) is 0 Å². The van der Waals surface area contributed by atoms with Crippen LogP contribution >= 0.6 is 0 Å². The van der Waals surface area contributed by atoms with Gasteiger partial charge in [0.2, 0.25) is 0 Å². The maximum absolute atomic E-state index is 11.3. The largest absolute Gasteiger partial charge is 0.467 e. The van der Waals surface area contributed by atoms with Gasteiger partial charge < -0.3 is 14.2 Å². The van der Waals surface area contributed by atoms with Gasteiger partial charge in [0.25, 0.3) is 0 Å². The first-order chi connectivity index (χ1) is 7.79. The Morgan fingerprint density at radius 1 is 1.44 bits per heavy atom. The van der Waals surface area contributed by atoms with Crippen LogP contribution in [-0.2, 0) is 19.0 Å². The van der Waals surface area contributed by atoms with E-state index in [9.17, 15) is 4.79 Å². The molecule has 0 aromatic rings. The van der Waals surface area contributed by atoms with Gasteiger partial charge in [-0.05, 0) is 12.8 Å². The van der Waals surface area contributed by atoms with Crippen molar-refractivity contribution in [3.05, 3.63) is 0 Å². The number of nitrogens with zero attached hydrogens (tertiary/aromatic N) is 1. The van der Waals surface area contributed by atoms with Gasteiger partial charge in [0, 0.05) is 26.2 Å². The van der Waals surface area contributed by atoms with Crippen LogP contribution in [0.5, 0.6) is 0 Å². The first-order valence-corrected chi connectivity index (χ1v) is 5.83. The van der Waals surface area contributed by atoms with Crippen LogP contribution in [0.2, 0.25) is 0 Å². The third-order valence-electron chi connectivity index (χ3n) is 3.10. The second kappa shape index (κ2) is 5.61. The van der Waals surface area contributed by atoms with Crippen molar-refractivity contribution in [2.45, 2.75) is 25.0 Å². The summed E-state index contributed by atoms with van der Waals surface area (Å²) in [6.45, 7) is 3.85. The molecular weight excluding hydrogens is 210 g/mol. The molecular formula is C11H19NO4. The van der Waals surface area contributed by atoms with Gasteiger partial charge in [-0.1, -0.05) is 0 Å². The minimum Gasteiger partial charge on any atom is -0.467 e. The fourth-order valence-electron chi connectivity index (χ4n) is 2.22. The number of hydrogen-bond donors (Lipinski definition) is 0. The molecule has 0 aliphatic carbocycles. The van der Waals surface area contributed by atoms with Crippen LogP contribution in [0.4, 0.5) is 0 Å². The summed E-state index contributed by atoms with van der Waals surface area (Å²) < 4.78 is 15.6. The number of esters is 1. The van der Waals surface area contributed by atoms with E-state index in [1.807, 2.05) is 0 Å². The Balaban J connectivity index is 1.79. The molecule has 2 aliphatic rings. The summed E-state index contributed by atoms with van der Waals surface area (Å²) in [4.78, 5) is 13.6. The molecule has 0 bridgehead atoms. The highest BCUT2D eigenvalue weighted by Crippen LogP contribution is 2.15. The Hall–Kier alpha value is -0.650. The average Bonchev–Trinajstić information content (AvgIpc) is 2.81. The number of ether oxygens (including phenoxy) is 3. The highest BCUT2D eigenvalue weighted by Gasteiger charge is 2.29. The van der Waals surface area contributed by atoms with E-state index in [1.54, 1.807) is 0 Å². The minimum absolute atomic E-state index is 0.281. The van der Waals surface area contributed by atoms with E-state index in [2.05, 4.69) is 9.64 Å². The fourth-order valence-corrected chi connectivity index (χ4v) is 2.22. The third kappa shape index (κ3) is 2.93. The van der Waals surface area contributed by atoms with E-state index in [1.165, 1.54) is 7.11 Å². The molecule has 2 fully saturated rings. The van der Waals surface area contributed by atoms with Crippen LogP contribution in [0.3, 0.4) is 0 Å². The van der Waals surface area contributed by atoms with Crippen molar-refractivity contribution >= 4 is 5.97 Å². The van der Waals surface area contributed by atoms with Gasteiger partial charge in [-0.2, -0.15) is 0 Å². The molecule has 0 aromatic carbocycles. The van der Waals surface area contributed by atoms with Gasteiger partial charge in [0.15, 0.2) is 6.10 Å². The molecule has 2 aliphatic heterocycles. The Kier molecular flexibility index (Phi) is 4.15. The van der Waals surface area contributed by atoms with Gasteiger partial charge in [0.05, 0.1) is 19.8 Å². The van der Waals surface area contributed by atoms with Gasteiger partial charge in [-0.25, -0.2) is 4.79 Å². The van der Waals surface area contributed by atoms with E-state index in [0.717, 1.165) is 32.5 Å². The van der Waals surface area contributed by atoms with Crippen LogP contribution in [-0.4, -0.2) is 63.0 Å². The molecule has 0 N–H and O–H groups in total. The summed E-state index contributed by atoms with van der Waals surface area (Å²) >= 11 is 0. The molecule has 0 aromatic heterocycles. The van der Waals surface area contributed by atoms with Crippen molar-refractivity contribution in [3.8, 4) is 0 Å². The second-order valence-corrected chi connectivity index (χ2v) is 4.28. The van der Waals surface area contributed by atoms with Crippen LogP contribution in [0.25, 0.3) is 0 Å². The van der Waals surface area contributed by atoms with Crippen molar-refractivity contribution in [1.29, 1.82) is 0 Å². The van der Waals surface area contributed by atoms with Gasteiger partial charge in [-0.15, -0.1) is 0 Å². The number of hydrogen-bond acceptors (Lipinski definition) is 5. The normalized spacial score (nSPS) is 31.6. The zero-order valence-electron chi connectivity index (χ0n) is 9.68. The molecule has 2 unspecified atom stereocenters. The number of carbonyl (C=O) groups is 1. The van der Waals surface area contributed by atoms with Crippen molar-refractivity contribution in [2.24, 2.45) is 0 Å². The lowest BCUT2D eigenvalue weighted by molar-refractivity contribution is -0.160. The Bertz CT molecular complexity index is 240. The quantitative estimate of drug-likeness (QED) is 0.639. The van der Waals surface area contributed by atoms with Crippen molar-refractivity contribution in [1.82, 2.24) is 4.90 Å². The lowest BCUT2D eigenvalue weighted by Gasteiger charge is -2.32. The standard InChI is InChI=1S/C11H19NO4/c1-14-11(13)10-8-12(4-6-16-10)7-9-3-2-5-15-9/h9-10H,2-8H2,1H3. The number of carbonyl (C=O) groups excluding carboxylic acids is 1. The molecule has 0 radical (unpaired) electrons. The van der Waals surface area contributed by atoms with E-state index in [4.69, 9.17) is 9.47 Å². The lowest BCUT2D eigenvalue weighted by atomic mass is 10.2. The van der Waals surface area contributed by atoms with E-state index < -0.39 is 6.10 Å².